The third kappa shape index (κ3) is 10.8. The zero-order chi connectivity index (χ0) is 17.3. The summed E-state index contributed by atoms with van der Waals surface area (Å²) in [6.45, 7) is 2.80. The van der Waals surface area contributed by atoms with Gasteiger partial charge in [0.05, 0.1) is 13.2 Å². The van der Waals surface area contributed by atoms with Crippen LogP contribution in [0.25, 0.3) is 0 Å². The molecule has 1 saturated heterocycles. The van der Waals surface area contributed by atoms with Crippen LogP contribution >= 0.6 is 7.82 Å². The van der Waals surface area contributed by atoms with Gasteiger partial charge in [0.25, 0.3) is 0 Å². The van der Waals surface area contributed by atoms with Gasteiger partial charge in [-0.25, -0.2) is 0 Å². The molecular formula is C18H28NaO5P. The summed E-state index contributed by atoms with van der Waals surface area (Å²) in [5.41, 5.74) is 1.20. The molecule has 136 valence electrons. The molecule has 25 heavy (non-hydrogen) atoms. The van der Waals surface area contributed by atoms with Gasteiger partial charge in [-0.2, -0.15) is 0 Å². The van der Waals surface area contributed by atoms with E-state index in [4.69, 9.17) is 13.8 Å². The van der Waals surface area contributed by atoms with E-state index in [1.165, 1.54) is 44.1 Å². The monoisotopic (exact) mass is 378 g/mol. The van der Waals surface area contributed by atoms with E-state index in [9.17, 15) is 9.46 Å². The maximum atomic E-state index is 11.7. The van der Waals surface area contributed by atoms with Crippen molar-refractivity contribution in [1.29, 1.82) is 0 Å². The average molecular weight is 378 g/mol. The van der Waals surface area contributed by atoms with Gasteiger partial charge in [0.1, 0.15) is 11.9 Å². The van der Waals surface area contributed by atoms with Crippen molar-refractivity contribution in [2.24, 2.45) is 0 Å². The normalized spacial score (nSPS) is 18.2. The summed E-state index contributed by atoms with van der Waals surface area (Å²) >= 11 is 0. The van der Waals surface area contributed by atoms with Crippen molar-refractivity contribution in [1.82, 2.24) is 0 Å². The Labute approximate surface area is 173 Å². The van der Waals surface area contributed by atoms with Gasteiger partial charge < -0.3 is 18.7 Å². The standard InChI is InChI=1S/C18H29O5P.Na/c1-2-3-4-5-6-7-8-9-16-10-12-17(13-11-16)23-24(19,20)22-15-18-14-21-18;/h10-13,18H,2-9,14-15H2,1H3,(H,19,20);/q;+1/p-1. The van der Waals surface area contributed by atoms with Crippen molar-refractivity contribution in [2.75, 3.05) is 13.2 Å². The number of ether oxygens (including phenoxy) is 1. The third-order valence-electron chi connectivity index (χ3n) is 4.03. The average Bonchev–Trinajstić information content (AvgIpc) is 3.38. The molecule has 1 aliphatic rings. The molecular weight excluding hydrogens is 350 g/mol. The summed E-state index contributed by atoms with van der Waals surface area (Å²) in [6, 6.07) is 7.18. The minimum atomic E-state index is -4.31. The largest absolute Gasteiger partial charge is 1.00 e. The number of benzene rings is 1. The Morgan fingerprint density at radius 3 is 2.32 bits per heavy atom. The number of aryl methyl sites for hydroxylation is 1. The summed E-state index contributed by atoms with van der Waals surface area (Å²) in [5, 5.41) is 0. The van der Waals surface area contributed by atoms with Crippen LogP contribution in [0, 0.1) is 0 Å². The van der Waals surface area contributed by atoms with Crippen LogP contribution in [0.2, 0.25) is 0 Å². The Balaban J connectivity index is 0.00000312. The van der Waals surface area contributed by atoms with E-state index in [2.05, 4.69) is 6.92 Å². The summed E-state index contributed by atoms with van der Waals surface area (Å²) in [5.74, 6) is 0.286. The molecule has 0 aliphatic carbocycles. The second-order valence-electron chi connectivity index (χ2n) is 6.30. The van der Waals surface area contributed by atoms with E-state index < -0.39 is 7.82 Å². The zero-order valence-corrected chi connectivity index (χ0v) is 18.3. The first-order valence-corrected chi connectivity index (χ1v) is 10.4. The number of hydrogen-bond acceptors (Lipinski definition) is 5. The Morgan fingerprint density at radius 2 is 1.72 bits per heavy atom. The van der Waals surface area contributed by atoms with E-state index in [0.717, 1.165) is 12.8 Å². The quantitative estimate of drug-likeness (QED) is 0.224. The summed E-state index contributed by atoms with van der Waals surface area (Å²) in [7, 11) is -4.31. The van der Waals surface area contributed by atoms with Gasteiger partial charge in [-0.3, -0.25) is 4.57 Å². The molecule has 2 atom stereocenters. The maximum Gasteiger partial charge on any atom is 1.00 e. The molecule has 0 amide bonds. The number of unbranched alkanes of at least 4 members (excludes halogenated alkanes) is 6. The van der Waals surface area contributed by atoms with Gasteiger partial charge in [-0.1, -0.05) is 57.6 Å². The molecule has 1 aliphatic heterocycles. The number of epoxide rings is 1. The summed E-state index contributed by atoms with van der Waals surface area (Å²) < 4.78 is 26.3. The molecule has 0 radical (unpaired) electrons. The van der Waals surface area contributed by atoms with Crippen LogP contribution in [-0.4, -0.2) is 19.3 Å². The second-order valence-corrected chi connectivity index (χ2v) is 7.64. The summed E-state index contributed by atoms with van der Waals surface area (Å²) in [6.07, 6.45) is 9.89. The van der Waals surface area contributed by atoms with E-state index in [0.29, 0.717) is 6.61 Å². The molecule has 1 aromatic carbocycles. The first-order chi connectivity index (χ1) is 11.6. The first kappa shape index (κ1) is 23.2. The second kappa shape index (κ2) is 12.5. The summed E-state index contributed by atoms with van der Waals surface area (Å²) in [4.78, 5) is 11.7. The number of phosphoric acid groups is 1. The zero-order valence-electron chi connectivity index (χ0n) is 15.4. The molecule has 0 bridgehead atoms. The van der Waals surface area contributed by atoms with Gasteiger partial charge >= 0.3 is 37.4 Å². The van der Waals surface area contributed by atoms with Gasteiger partial charge in [-0.05, 0) is 30.5 Å². The van der Waals surface area contributed by atoms with E-state index in [1.54, 1.807) is 12.1 Å². The van der Waals surface area contributed by atoms with E-state index >= 15 is 0 Å². The van der Waals surface area contributed by atoms with Crippen LogP contribution in [0.1, 0.15) is 57.4 Å². The van der Waals surface area contributed by atoms with Gasteiger partial charge in [0.2, 0.25) is 0 Å². The van der Waals surface area contributed by atoms with Crippen molar-refractivity contribution in [3.05, 3.63) is 29.8 Å². The van der Waals surface area contributed by atoms with Crippen molar-refractivity contribution in [2.45, 2.75) is 64.4 Å². The predicted molar refractivity (Wildman–Crippen MR) is 92.1 cm³/mol. The van der Waals surface area contributed by atoms with Crippen molar-refractivity contribution >= 4 is 7.82 Å². The topological polar surface area (TPSA) is 71.1 Å². The molecule has 7 heteroatoms. The predicted octanol–water partition coefficient (Wildman–Crippen LogP) is 1.25. The molecule has 5 nitrogen and oxygen atoms in total. The van der Waals surface area contributed by atoms with E-state index in [1.807, 2.05) is 12.1 Å². The Kier molecular flexibility index (Phi) is 11.6. The van der Waals surface area contributed by atoms with Crippen LogP contribution in [0.5, 0.6) is 5.75 Å². The number of rotatable bonds is 13. The van der Waals surface area contributed by atoms with Crippen LogP contribution in [0.4, 0.5) is 0 Å². The molecule has 0 aromatic heterocycles. The molecule has 1 heterocycles. The fourth-order valence-corrected chi connectivity index (χ4v) is 3.28. The van der Waals surface area contributed by atoms with Gasteiger partial charge in [-0.15, -0.1) is 0 Å². The molecule has 0 N–H and O–H groups in total. The van der Waals surface area contributed by atoms with E-state index in [-0.39, 0.29) is 48.0 Å². The molecule has 0 spiro atoms. The molecule has 1 fully saturated rings. The molecule has 0 saturated carbocycles. The Bertz CT molecular complexity index is 519. The van der Waals surface area contributed by atoms with Crippen LogP contribution in [0.3, 0.4) is 0 Å². The molecule has 2 unspecified atom stereocenters. The van der Waals surface area contributed by atoms with Crippen LogP contribution in [0.15, 0.2) is 24.3 Å². The minimum absolute atomic E-state index is 0. The van der Waals surface area contributed by atoms with Crippen molar-refractivity contribution < 1.29 is 52.8 Å². The Hall–Kier alpha value is 0.130. The number of phosphoric ester groups is 1. The first-order valence-electron chi connectivity index (χ1n) is 8.95. The van der Waals surface area contributed by atoms with Crippen LogP contribution < -0.4 is 39.0 Å². The minimum Gasteiger partial charge on any atom is -0.746 e. The molecule has 2 rings (SSSR count). The van der Waals surface area contributed by atoms with Crippen molar-refractivity contribution in [3.8, 4) is 5.75 Å². The maximum absolute atomic E-state index is 11.7. The fraction of sp³-hybridized carbons (Fsp3) is 0.667. The third-order valence-corrected chi connectivity index (χ3v) is 4.93. The van der Waals surface area contributed by atoms with Gasteiger partial charge in [0.15, 0.2) is 0 Å². The smallest absolute Gasteiger partial charge is 0.746 e. The Morgan fingerprint density at radius 1 is 1.12 bits per heavy atom. The SMILES string of the molecule is CCCCCCCCCc1ccc(OP(=O)([O-])OCC2CO2)cc1.[Na+]. The van der Waals surface area contributed by atoms with Crippen LogP contribution in [-0.2, 0) is 20.2 Å². The number of hydrogen-bond donors (Lipinski definition) is 0. The van der Waals surface area contributed by atoms with Crippen molar-refractivity contribution in [3.63, 3.8) is 0 Å². The molecule has 1 aromatic rings. The van der Waals surface area contributed by atoms with Gasteiger partial charge in [0, 0.05) is 0 Å². The fourth-order valence-electron chi connectivity index (χ4n) is 2.50.